The number of ether oxygens (including phenoxy) is 1. The standard InChI is InChI=1S/C30H29N3O5/c1-3-20(2)23-10-5-7-13-27(23)38-16-14-32-18-21(24-11-4-6-12-26(24)32)17-25-28(34)31-30(36)33(29(25)35)19-22-9-8-15-37-22/h4-13,15,17-18,20H,3,14,16,19H2,1-2H3,(H,31,34,36)/b25-17-/t20-/m0/s1. The van der Waals surface area contributed by atoms with Crippen LogP contribution in [0, 0.1) is 0 Å². The highest BCUT2D eigenvalue weighted by molar-refractivity contribution is 6.31. The quantitative estimate of drug-likeness (QED) is 0.237. The van der Waals surface area contributed by atoms with Crippen molar-refractivity contribution >= 4 is 34.8 Å². The fourth-order valence-electron chi connectivity index (χ4n) is 4.62. The lowest BCUT2D eigenvalue weighted by Gasteiger charge is -2.25. The first-order valence-electron chi connectivity index (χ1n) is 12.7. The molecule has 3 heterocycles. The van der Waals surface area contributed by atoms with E-state index < -0.39 is 17.8 Å². The number of hydrogen-bond acceptors (Lipinski definition) is 5. The lowest BCUT2D eigenvalue weighted by Crippen LogP contribution is -2.53. The largest absolute Gasteiger partial charge is 0.491 e. The first kappa shape index (κ1) is 25.1. The number of rotatable bonds is 9. The van der Waals surface area contributed by atoms with E-state index in [1.165, 1.54) is 17.9 Å². The summed E-state index contributed by atoms with van der Waals surface area (Å²) < 4.78 is 13.5. The Balaban J connectivity index is 1.40. The molecule has 194 valence electrons. The summed E-state index contributed by atoms with van der Waals surface area (Å²) in [4.78, 5) is 39.1. The highest BCUT2D eigenvalue weighted by Gasteiger charge is 2.36. The number of carbonyl (C=O) groups excluding carboxylic acids is 3. The van der Waals surface area contributed by atoms with E-state index in [-0.39, 0.29) is 12.1 Å². The van der Waals surface area contributed by atoms with Gasteiger partial charge in [-0.2, -0.15) is 0 Å². The van der Waals surface area contributed by atoms with Crippen molar-refractivity contribution in [2.45, 2.75) is 39.3 Å². The monoisotopic (exact) mass is 511 g/mol. The summed E-state index contributed by atoms with van der Waals surface area (Å²) in [6.45, 7) is 5.30. The summed E-state index contributed by atoms with van der Waals surface area (Å²) in [5.74, 6) is 0.324. The number of furan rings is 1. The van der Waals surface area contributed by atoms with Gasteiger partial charge in [-0.1, -0.05) is 50.2 Å². The molecule has 1 atom stereocenters. The third-order valence-electron chi connectivity index (χ3n) is 6.85. The van der Waals surface area contributed by atoms with E-state index in [2.05, 4.69) is 25.2 Å². The average Bonchev–Trinajstić information content (AvgIpc) is 3.57. The Labute approximate surface area is 220 Å². The summed E-state index contributed by atoms with van der Waals surface area (Å²) >= 11 is 0. The van der Waals surface area contributed by atoms with Gasteiger partial charge in [0, 0.05) is 22.7 Å². The molecule has 8 nitrogen and oxygen atoms in total. The molecular formula is C30H29N3O5. The van der Waals surface area contributed by atoms with Crippen molar-refractivity contribution < 1.29 is 23.5 Å². The van der Waals surface area contributed by atoms with Crippen molar-refractivity contribution in [3.63, 3.8) is 0 Å². The molecule has 38 heavy (non-hydrogen) atoms. The number of benzene rings is 2. The maximum Gasteiger partial charge on any atom is 0.331 e. The molecule has 0 radical (unpaired) electrons. The number of barbiturate groups is 1. The minimum atomic E-state index is -0.772. The molecule has 1 aliphatic heterocycles. The number of fused-ring (bicyclic) bond motifs is 1. The Morgan fingerprint density at radius 1 is 1.03 bits per heavy atom. The van der Waals surface area contributed by atoms with Crippen molar-refractivity contribution in [2.24, 2.45) is 0 Å². The van der Waals surface area contributed by atoms with Crippen LogP contribution in [0.5, 0.6) is 5.75 Å². The topological polar surface area (TPSA) is 93.8 Å². The average molecular weight is 512 g/mol. The van der Waals surface area contributed by atoms with Gasteiger partial charge in [-0.15, -0.1) is 0 Å². The molecule has 1 fully saturated rings. The van der Waals surface area contributed by atoms with E-state index in [9.17, 15) is 14.4 Å². The van der Waals surface area contributed by atoms with Gasteiger partial charge in [0.05, 0.1) is 19.4 Å². The normalized spacial score (nSPS) is 15.8. The third kappa shape index (κ3) is 4.98. The second-order valence-corrected chi connectivity index (χ2v) is 9.28. The molecule has 0 bridgehead atoms. The number of carbonyl (C=O) groups is 3. The van der Waals surface area contributed by atoms with Crippen LogP contribution < -0.4 is 10.1 Å². The molecule has 1 N–H and O–H groups in total. The van der Waals surface area contributed by atoms with Gasteiger partial charge in [0.1, 0.15) is 23.7 Å². The molecule has 5 rings (SSSR count). The minimum absolute atomic E-state index is 0.0699. The number of amides is 4. The zero-order chi connectivity index (χ0) is 26.6. The summed E-state index contributed by atoms with van der Waals surface area (Å²) in [6.07, 6.45) is 5.93. The van der Waals surface area contributed by atoms with Gasteiger partial charge in [0.25, 0.3) is 11.8 Å². The molecular weight excluding hydrogens is 482 g/mol. The van der Waals surface area contributed by atoms with Gasteiger partial charge in [0.2, 0.25) is 0 Å². The molecule has 4 aromatic rings. The van der Waals surface area contributed by atoms with Gasteiger partial charge >= 0.3 is 6.03 Å². The number of aromatic nitrogens is 1. The number of nitrogens with zero attached hydrogens (tertiary/aromatic N) is 2. The zero-order valence-electron chi connectivity index (χ0n) is 21.3. The van der Waals surface area contributed by atoms with Crippen molar-refractivity contribution in [3.8, 4) is 5.75 Å². The first-order valence-corrected chi connectivity index (χ1v) is 12.7. The Morgan fingerprint density at radius 3 is 2.61 bits per heavy atom. The Hall–Kier alpha value is -4.59. The van der Waals surface area contributed by atoms with E-state index in [4.69, 9.17) is 9.15 Å². The van der Waals surface area contributed by atoms with Gasteiger partial charge in [-0.25, -0.2) is 4.79 Å². The smallest absolute Gasteiger partial charge is 0.331 e. The molecule has 4 amide bonds. The van der Waals surface area contributed by atoms with Crippen LogP contribution in [-0.2, 0) is 22.7 Å². The summed E-state index contributed by atoms with van der Waals surface area (Å²) in [5, 5.41) is 3.14. The van der Waals surface area contributed by atoms with Crippen LogP contribution in [0.15, 0.2) is 83.1 Å². The number of nitrogens with one attached hydrogen (secondary N) is 1. The van der Waals surface area contributed by atoms with Crippen molar-refractivity contribution in [2.75, 3.05) is 6.61 Å². The Kier molecular flexibility index (Phi) is 7.13. The van der Waals surface area contributed by atoms with E-state index in [1.54, 1.807) is 12.1 Å². The first-order chi connectivity index (χ1) is 18.5. The molecule has 0 aliphatic carbocycles. The van der Waals surface area contributed by atoms with Gasteiger partial charge < -0.3 is 13.7 Å². The Morgan fingerprint density at radius 2 is 1.82 bits per heavy atom. The highest BCUT2D eigenvalue weighted by atomic mass is 16.5. The van der Waals surface area contributed by atoms with Gasteiger partial charge in [0.15, 0.2) is 0 Å². The summed E-state index contributed by atoms with van der Waals surface area (Å²) in [6, 6.07) is 18.4. The molecule has 2 aromatic carbocycles. The predicted octanol–water partition coefficient (Wildman–Crippen LogP) is 5.49. The molecule has 1 saturated heterocycles. The van der Waals surface area contributed by atoms with Crippen molar-refractivity contribution in [1.82, 2.24) is 14.8 Å². The lowest BCUT2D eigenvalue weighted by molar-refractivity contribution is -0.130. The second kappa shape index (κ2) is 10.8. The van der Waals surface area contributed by atoms with Crippen LogP contribution in [0.25, 0.3) is 17.0 Å². The second-order valence-electron chi connectivity index (χ2n) is 9.28. The SMILES string of the molecule is CC[C@H](C)c1ccccc1OCCn1cc(/C=C2/C(=O)NC(=O)N(Cc3ccco3)C2=O)c2ccccc21. The Bertz CT molecular complexity index is 1520. The third-order valence-corrected chi connectivity index (χ3v) is 6.85. The summed E-state index contributed by atoms with van der Waals surface area (Å²) in [5.41, 5.74) is 2.72. The number of imide groups is 2. The molecule has 0 saturated carbocycles. The molecule has 0 spiro atoms. The van der Waals surface area contributed by atoms with E-state index in [0.717, 1.165) is 28.0 Å². The molecule has 0 unspecified atom stereocenters. The predicted molar refractivity (Wildman–Crippen MR) is 143 cm³/mol. The number of urea groups is 1. The van der Waals surface area contributed by atoms with Gasteiger partial charge in [-0.05, 0) is 48.2 Å². The van der Waals surface area contributed by atoms with E-state index in [0.29, 0.717) is 30.4 Å². The van der Waals surface area contributed by atoms with Crippen LogP contribution in [0.1, 0.15) is 43.1 Å². The van der Waals surface area contributed by atoms with Crippen molar-refractivity contribution in [1.29, 1.82) is 0 Å². The number of para-hydroxylation sites is 2. The van der Waals surface area contributed by atoms with Crippen LogP contribution in [-0.4, -0.2) is 33.9 Å². The van der Waals surface area contributed by atoms with E-state index in [1.807, 2.05) is 53.2 Å². The fraction of sp³-hybridized carbons (Fsp3) is 0.233. The fourth-order valence-corrected chi connectivity index (χ4v) is 4.62. The van der Waals surface area contributed by atoms with E-state index >= 15 is 0 Å². The maximum absolute atomic E-state index is 13.2. The maximum atomic E-state index is 13.2. The van der Waals surface area contributed by atoms with Crippen LogP contribution in [0.4, 0.5) is 4.79 Å². The van der Waals surface area contributed by atoms with Crippen LogP contribution in [0.2, 0.25) is 0 Å². The molecule has 2 aromatic heterocycles. The highest BCUT2D eigenvalue weighted by Crippen LogP contribution is 2.29. The summed E-state index contributed by atoms with van der Waals surface area (Å²) in [7, 11) is 0. The molecule has 1 aliphatic rings. The van der Waals surface area contributed by atoms with Crippen LogP contribution in [0.3, 0.4) is 0 Å². The van der Waals surface area contributed by atoms with Crippen molar-refractivity contribution in [3.05, 3.63) is 95.6 Å². The lowest BCUT2D eigenvalue weighted by atomic mass is 9.98. The molecule has 8 heteroatoms. The van der Waals surface area contributed by atoms with Crippen LogP contribution >= 0.6 is 0 Å². The minimum Gasteiger partial charge on any atom is -0.491 e. The zero-order valence-corrected chi connectivity index (χ0v) is 21.3. The number of hydrogen-bond donors (Lipinski definition) is 1. The van der Waals surface area contributed by atoms with Gasteiger partial charge in [-0.3, -0.25) is 19.8 Å².